The first-order valence-electron chi connectivity index (χ1n) is 35.6. The van der Waals surface area contributed by atoms with E-state index in [-0.39, 0.29) is 62.0 Å². The number of hydrogen-bond donors (Lipinski definition) is 9. The Morgan fingerprint density at radius 1 is 0.621 bits per heavy atom. The Kier molecular flexibility index (Phi) is 27.7. The maximum absolute atomic E-state index is 15.9. The van der Waals surface area contributed by atoms with Crippen LogP contribution < -0.4 is 31.9 Å². The zero-order chi connectivity index (χ0) is 74.7. The molecule has 9 N–H and O–H groups in total. The van der Waals surface area contributed by atoms with Crippen molar-refractivity contribution in [2.24, 2.45) is 17.3 Å². The van der Waals surface area contributed by atoms with Gasteiger partial charge < -0.3 is 56.7 Å². The third kappa shape index (κ3) is 22.9. The molecule has 8 rings (SSSR count). The molecule has 1 aliphatic heterocycles. The summed E-state index contributed by atoms with van der Waals surface area (Å²) in [7, 11) is 1.37. The van der Waals surface area contributed by atoms with Gasteiger partial charge in [-0.25, -0.2) is 4.79 Å². The highest BCUT2D eigenvalue weighted by Gasteiger charge is 2.42. The smallest absolute Gasteiger partial charge is 0.407 e. The molecule has 6 aromatic carbocycles. The molecule has 0 bridgehead atoms. The first-order valence-corrected chi connectivity index (χ1v) is 36.5. The molecule has 21 heteroatoms. The maximum atomic E-state index is 15.9. The first kappa shape index (κ1) is 79.1. The molecule has 0 aliphatic carbocycles. The van der Waals surface area contributed by atoms with Gasteiger partial charge in [-0.1, -0.05) is 179 Å². The Labute approximate surface area is 609 Å². The summed E-state index contributed by atoms with van der Waals surface area (Å²) in [6.45, 7) is 16.8. The van der Waals surface area contributed by atoms with Crippen molar-refractivity contribution in [2.45, 2.75) is 185 Å². The molecule has 0 radical (unpaired) electrons. The quantitative estimate of drug-likeness (QED) is 0.0190. The molecule has 0 spiro atoms. The number of thioether (sulfide) groups is 1. The Hall–Kier alpha value is -9.60. The molecule has 8 atom stereocenters. The number of aromatic nitrogens is 1. The number of rotatable bonds is 25. The molecule has 2 heterocycles. The van der Waals surface area contributed by atoms with Crippen LogP contribution in [0.3, 0.4) is 0 Å². The van der Waals surface area contributed by atoms with Crippen LogP contribution in [0.2, 0.25) is 0 Å². The van der Waals surface area contributed by atoms with E-state index in [0.717, 1.165) is 32.5 Å². The van der Waals surface area contributed by atoms with E-state index in [1.807, 2.05) is 129 Å². The fourth-order valence-corrected chi connectivity index (χ4v) is 15.3. The van der Waals surface area contributed by atoms with Crippen LogP contribution >= 0.6 is 11.8 Å². The van der Waals surface area contributed by atoms with Crippen LogP contribution in [-0.4, -0.2) is 140 Å². The molecule has 1 saturated heterocycles. The monoisotopic (exact) mass is 1420 g/mol. The van der Waals surface area contributed by atoms with Gasteiger partial charge >= 0.3 is 6.09 Å². The number of benzene rings is 6. The lowest BCUT2D eigenvalue weighted by atomic mass is 9.81. The number of ether oxygens (including phenoxy) is 1. The summed E-state index contributed by atoms with van der Waals surface area (Å²) < 4.78 is 4.50. The topological polar surface area (TPSA) is 295 Å². The van der Waals surface area contributed by atoms with Crippen LogP contribution in [0.4, 0.5) is 4.79 Å². The molecule has 7 amide bonds. The van der Waals surface area contributed by atoms with Crippen molar-refractivity contribution in [1.29, 1.82) is 0 Å². The molecule has 548 valence electrons. The number of aliphatic hydroxyl groups excluding tert-OH is 1. The number of nitrogens with zero attached hydrogens (tertiary/aromatic N) is 1. The fourth-order valence-electron chi connectivity index (χ4n) is 13.8. The van der Waals surface area contributed by atoms with Gasteiger partial charge in [0.2, 0.25) is 35.4 Å². The average Bonchev–Trinajstić information content (AvgIpc) is 1.16. The summed E-state index contributed by atoms with van der Waals surface area (Å²) in [6, 6.07) is 44.9. The van der Waals surface area contributed by atoms with Crippen LogP contribution in [-0.2, 0) is 67.1 Å². The molecule has 0 saturated carbocycles. The second-order valence-electron chi connectivity index (χ2n) is 30.0. The number of para-hydroxylation sites is 1. The van der Waals surface area contributed by atoms with Crippen LogP contribution in [0.25, 0.3) is 10.9 Å². The van der Waals surface area contributed by atoms with Crippen LogP contribution in [0, 0.1) is 17.3 Å². The SMILES string of the molecule is C[C@@H](O)[C@@H]1NC(=O)[C@H](CCCCNC(=O)OC(C)(C)C)CC(=O)[C@@H](Cc2c[nH]c3ccccc23)NC(=O)[C@H](Cc2ccc(O)cc2)CC(=O)[C@H](CCC(=O)N[C@@H](CSC(c2ccccc2)(c2ccccc2)c2ccccc2)C(=O)NC(C)(C)CC(C)(C)C)N(C)C(=O)[C@H](Cc2ccccc2)NC1=O. The number of alkyl carbamates (subject to hydrolysis) is 1. The second kappa shape index (κ2) is 36.0. The number of hydrogen-bond acceptors (Lipinski definition) is 13. The number of aromatic amines is 1. The maximum Gasteiger partial charge on any atom is 0.407 e. The minimum absolute atomic E-state index is 0.0466. The van der Waals surface area contributed by atoms with Crippen molar-refractivity contribution in [2.75, 3.05) is 19.3 Å². The van der Waals surface area contributed by atoms with Crippen LogP contribution in [0.15, 0.2) is 176 Å². The van der Waals surface area contributed by atoms with Crippen molar-refractivity contribution in [3.63, 3.8) is 0 Å². The van der Waals surface area contributed by atoms with Gasteiger partial charge in [-0.15, -0.1) is 11.8 Å². The van der Waals surface area contributed by atoms with Gasteiger partial charge in [-0.3, -0.25) is 38.4 Å². The predicted octanol–water partition coefficient (Wildman–Crippen LogP) is 10.7. The number of nitrogens with one attached hydrogen (secondary N) is 7. The third-order valence-corrected chi connectivity index (χ3v) is 20.0. The summed E-state index contributed by atoms with van der Waals surface area (Å²) in [5.41, 5.74) is 3.61. The lowest BCUT2D eigenvalue weighted by Gasteiger charge is -2.38. The van der Waals surface area contributed by atoms with E-state index in [2.05, 4.69) is 57.7 Å². The zero-order valence-electron chi connectivity index (χ0n) is 60.9. The molecular weight excluding hydrogens is 1320 g/mol. The van der Waals surface area contributed by atoms with Crippen molar-refractivity contribution < 1.29 is 58.1 Å². The first-order chi connectivity index (χ1) is 48.9. The fraction of sp³-hybridized carbons (Fsp3) is 0.427. The normalized spacial score (nSPS) is 19.2. The summed E-state index contributed by atoms with van der Waals surface area (Å²) in [5.74, 6) is -7.99. The minimum Gasteiger partial charge on any atom is -0.508 e. The number of unbranched alkanes of at least 4 members (excludes halogenated alkanes) is 1. The summed E-state index contributed by atoms with van der Waals surface area (Å²) in [4.78, 5) is 140. The van der Waals surface area contributed by atoms with Gasteiger partial charge in [0.15, 0.2) is 11.6 Å². The number of amides is 7. The van der Waals surface area contributed by atoms with Gasteiger partial charge in [0.25, 0.3) is 0 Å². The van der Waals surface area contributed by atoms with Crippen molar-refractivity contribution in [1.82, 2.24) is 41.8 Å². The van der Waals surface area contributed by atoms with E-state index < -0.39 is 136 Å². The molecule has 7 aromatic rings. The number of phenolic OH excluding ortho intramolecular Hbond substituents is 1. The number of likely N-dealkylation sites (N-methyl/N-ethyl adjacent to an activating group) is 1. The van der Waals surface area contributed by atoms with Crippen LogP contribution in [0.5, 0.6) is 5.75 Å². The van der Waals surface area contributed by atoms with Crippen molar-refractivity contribution in [3.8, 4) is 5.75 Å². The van der Waals surface area contributed by atoms with Gasteiger partial charge in [-0.05, 0) is 131 Å². The van der Waals surface area contributed by atoms with Crippen molar-refractivity contribution in [3.05, 3.63) is 209 Å². The largest absolute Gasteiger partial charge is 0.508 e. The Morgan fingerprint density at radius 3 is 1.75 bits per heavy atom. The molecular formula is C82H102N8O12S. The molecule has 1 aliphatic rings. The van der Waals surface area contributed by atoms with E-state index in [1.165, 1.54) is 37.9 Å². The number of fused-ring (bicyclic) bond motifs is 1. The molecule has 0 unspecified atom stereocenters. The summed E-state index contributed by atoms with van der Waals surface area (Å²) in [6.07, 6.45) is -1.35. The minimum atomic E-state index is -1.70. The lowest BCUT2D eigenvalue weighted by molar-refractivity contribution is -0.143. The number of carbonyl (C=O) groups is 9. The summed E-state index contributed by atoms with van der Waals surface area (Å²) in [5, 5.41) is 40.2. The third-order valence-electron chi connectivity index (χ3n) is 18.4. The Morgan fingerprint density at radius 2 is 1.17 bits per heavy atom. The number of H-pyrrole nitrogens is 1. The van der Waals surface area contributed by atoms with Gasteiger partial charge in [0, 0.05) is 85.9 Å². The number of aromatic hydroxyl groups is 1. The van der Waals surface area contributed by atoms with Gasteiger partial charge in [-0.2, -0.15) is 0 Å². The molecule has 103 heavy (non-hydrogen) atoms. The number of ketones is 2. The number of phenols is 1. The highest BCUT2D eigenvalue weighted by atomic mass is 32.2. The standard InChI is InChI=1S/C82H102N8O12S/c1-53(91)72-76(99)87-66(46-54-27-15-11-16-28-54)77(100)90(10)68(42-43-71(95)85-67(75(98)89-81(8,9)52-79(2,3)4)51-103-82(59-30-17-12-18-31-59,60-32-19-13-20-33-60)61-34-21-14-22-35-61)70(94)49-57(45-55-38-40-62(92)41-39-55)74(97)86-65(47-58-50-84-64-37-24-23-36-63(58)64)69(93)48-56(73(96)88-72)29-25-26-44-83-78(101)102-80(5,6)7/h11-24,27-28,30-41,50,53,56-57,65-68,72,84,91-92H,25-26,29,42-49,51-52H2,1-10H3,(H,83,101)(H,85,95)(H,86,97)(H,87,99)(H,88,96)(H,89,98)/t53-,56-,57-,65-,66+,67+,68+,72+/m1/s1. The van der Waals surface area contributed by atoms with E-state index >= 15 is 28.8 Å². The lowest BCUT2D eigenvalue weighted by Crippen LogP contribution is -2.59. The number of Topliss-reactive ketones (excluding diaryl/α,β-unsaturated/α-hetero) is 2. The van der Waals surface area contributed by atoms with E-state index in [1.54, 1.807) is 69.4 Å². The van der Waals surface area contributed by atoms with Crippen LogP contribution in [0.1, 0.15) is 147 Å². The van der Waals surface area contributed by atoms with Gasteiger partial charge in [0.05, 0.1) is 22.9 Å². The van der Waals surface area contributed by atoms with Gasteiger partial charge in [0.1, 0.15) is 29.5 Å². The predicted molar refractivity (Wildman–Crippen MR) is 401 cm³/mol. The zero-order valence-corrected chi connectivity index (χ0v) is 61.7. The Bertz CT molecular complexity index is 3910. The van der Waals surface area contributed by atoms with E-state index in [9.17, 15) is 24.6 Å². The number of aliphatic hydroxyl groups is 1. The average molecular weight is 1420 g/mol. The van der Waals surface area contributed by atoms with E-state index in [0.29, 0.717) is 29.5 Å². The second-order valence-corrected chi connectivity index (χ2v) is 31.2. The van der Waals surface area contributed by atoms with E-state index in [4.69, 9.17) is 4.74 Å². The van der Waals surface area contributed by atoms with Crippen molar-refractivity contribution >= 4 is 75.8 Å². The highest BCUT2D eigenvalue weighted by molar-refractivity contribution is 8.00. The molecule has 1 aromatic heterocycles. The molecule has 1 fully saturated rings. The number of carbonyl (C=O) groups excluding carboxylic acids is 9. The molecule has 20 nitrogen and oxygen atoms in total. The summed E-state index contributed by atoms with van der Waals surface area (Å²) >= 11 is 1.48. The highest BCUT2D eigenvalue weighted by Crippen LogP contribution is 2.49. The Balaban J connectivity index is 1.19.